The molecule has 5 aromatic rings. The first-order chi connectivity index (χ1) is 26.3. The molecule has 2 aliphatic rings. The number of aryl methyl sites for hydroxylation is 1. The van der Waals surface area contributed by atoms with Gasteiger partial charge in [0.05, 0.1) is 38.5 Å². The van der Waals surface area contributed by atoms with Gasteiger partial charge in [-0.25, -0.2) is 17.7 Å². The van der Waals surface area contributed by atoms with Crippen molar-refractivity contribution in [3.63, 3.8) is 0 Å². The maximum absolute atomic E-state index is 14.5. The second-order valence-corrected chi connectivity index (χ2v) is 16.3. The molecular weight excluding hydrogens is 781 g/mol. The van der Waals surface area contributed by atoms with E-state index in [2.05, 4.69) is 20.4 Å². The van der Waals surface area contributed by atoms with Crippen molar-refractivity contribution >= 4 is 44.9 Å². The third kappa shape index (κ3) is 6.67. The van der Waals surface area contributed by atoms with Crippen molar-refractivity contribution in [2.45, 2.75) is 56.0 Å². The van der Waals surface area contributed by atoms with E-state index < -0.39 is 57.4 Å². The van der Waals surface area contributed by atoms with Crippen LogP contribution in [0.2, 0.25) is 5.02 Å². The van der Waals surface area contributed by atoms with Crippen molar-refractivity contribution in [1.82, 2.24) is 33.4 Å². The molecule has 2 amide bonds. The van der Waals surface area contributed by atoms with Gasteiger partial charge >= 0.3 is 6.18 Å². The number of hydrogen-bond acceptors (Lipinski definition) is 10. The van der Waals surface area contributed by atoms with Crippen molar-refractivity contribution in [2.24, 2.45) is 0 Å². The molecule has 56 heavy (non-hydrogen) atoms. The molecule has 5 heterocycles. The number of aromatic hydroxyl groups is 1. The molecule has 0 bridgehead atoms. The van der Waals surface area contributed by atoms with Crippen LogP contribution in [0.25, 0.3) is 17.2 Å². The van der Waals surface area contributed by atoms with Crippen molar-refractivity contribution in [2.75, 3.05) is 32.5 Å². The molecule has 1 fully saturated rings. The van der Waals surface area contributed by atoms with Gasteiger partial charge in [-0.15, -0.1) is 5.10 Å². The average molecular weight is 815 g/mol. The molecule has 3 aromatic heterocycles. The number of alkyl halides is 3. The molecule has 2 aliphatic heterocycles. The van der Waals surface area contributed by atoms with Crippen molar-refractivity contribution in [1.29, 1.82) is 0 Å². The number of ether oxygens (including phenoxy) is 1. The number of rotatable bonds is 7. The SMILES string of the molecule is Cc1cc(-c2nc3n(CC(=O)Nc4ccc(C(F)(F)F)cc4Cl)c4c(c(=O)n3n2)C2(CCN(C(=O)c3ncccc3O)CC2)O[C@@H]4C)ccc1S(=O)(=O)N(C)C. The molecule has 15 nitrogen and oxygen atoms in total. The Balaban J connectivity index is 1.31. The molecule has 1 saturated heterocycles. The van der Waals surface area contributed by atoms with E-state index in [1.54, 1.807) is 19.9 Å². The summed E-state index contributed by atoms with van der Waals surface area (Å²) in [5.41, 5.74) is -1.77. The first-order valence-electron chi connectivity index (χ1n) is 17.2. The summed E-state index contributed by atoms with van der Waals surface area (Å²) in [4.78, 5) is 51.7. The summed E-state index contributed by atoms with van der Waals surface area (Å²) in [6.07, 6.45) is -3.75. The topological polar surface area (TPSA) is 181 Å². The van der Waals surface area contributed by atoms with Gasteiger partial charge in [0.2, 0.25) is 21.7 Å². The molecule has 7 rings (SSSR count). The van der Waals surface area contributed by atoms with Gasteiger partial charge in [-0.3, -0.25) is 14.4 Å². The zero-order valence-corrected chi connectivity index (χ0v) is 31.8. The lowest BCUT2D eigenvalue weighted by atomic mass is 9.85. The van der Waals surface area contributed by atoms with Gasteiger partial charge in [0.1, 0.15) is 17.9 Å². The van der Waals surface area contributed by atoms with Crippen LogP contribution < -0.4 is 10.9 Å². The summed E-state index contributed by atoms with van der Waals surface area (Å²) in [5, 5.41) is 16.9. The van der Waals surface area contributed by atoms with Gasteiger partial charge < -0.3 is 24.6 Å². The summed E-state index contributed by atoms with van der Waals surface area (Å²) in [6.45, 7) is 3.03. The number of sulfonamides is 1. The van der Waals surface area contributed by atoms with Gasteiger partial charge in [0.25, 0.3) is 11.5 Å². The number of piperidine rings is 1. The Morgan fingerprint density at radius 1 is 1.12 bits per heavy atom. The first-order valence-corrected chi connectivity index (χ1v) is 19.0. The maximum atomic E-state index is 14.5. The van der Waals surface area contributed by atoms with Gasteiger partial charge in [-0.2, -0.15) is 22.7 Å². The quantitative estimate of drug-likeness (QED) is 0.233. The number of fused-ring (bicyclic) bond motifs is 3. The zero-order valence-electron chi connectivity index (χ0n) is 30.3. The number of carbonyl (C=O) groups is 2. The standard InChI is InChI=1S/C36H34ClF3N8O7S/c1-19-16-21(7-10-26(19)56(53,54)45(3)4)31-43-34-47(18-27(50)42-24-9-8-22(17-23(24)37)36(38,39)40)30-20(2)55-35(28(30)32(51)48(34)44-31)11-14-46(15-12-35)33(52)29-25(49)6-5-13-41-29/h5-10,13,16-17,20,49H,11-12,14-15,18H2,1-4H3,(H,42,50)/t20-/m1/s1. The minimum absolute atomic E-state index is 0.0424. The highest BCUT2D eigenvalue weighted by Gasteiger charge is 2.50. The largest absolute Gasteiger partial charge is 0.505 e. The third-order valence-corrected chi connectivity index (χ3v) is 12.2. The lowest BCUT2D eigenvalue weighted by molar-refractivity contribution is -0.137. The molecule has 294 valence electrons. The summed E-state index contributed by atoms with van der Waals surface area (Å²) >= 11 is 6.14. The highest BCUT2D eigenvalue weighted by Crippen LogP contribution is 2.48. The second-order valence-electron chi connectivity index (χ2n) is 13.7. The summed E-state index contributed by atoms with van der Waals surface area (Å²) in [7, 11) is -0.966. The van der Waals surface area contributed by atoms with Gasteiger partial charge in [-0.05, 0) is 80.8 Å². The Bertz CT molecular complexity index is 2600. The molecule has 1 atom stereocenters. The molecule has 20 heteroatoms. The fraction of sp³-hybridized carbons (Fsp3) is 0.333. The van der Waals surface area contributed by atoms with Crippen molar-refractivity contribution in [3.05, 3.63) is 98.2 Å². The fourth-order valence-electron chi connectivity index (χ4n) is 7.21. The lowest BCUT2D eigenvalue weighted by Crippen LogP contribution is -2.47. The number of carbonyl (C=O) groups excluding carboxylic acids is 2. The van der Waals surface area contributed by atoms with Crippen LogP contribution in [-0.2, 0) is 37.9 Å². The molecular formula is C36H34ClF3N8O7S. The van der Waals surface area contributed by atoms with Gasteiger partial charge in [0.15, 0.2) is 11.5 Å². The number of amides is 2. The van der Waals surface area contributed by atoms with Crippen LogP contribution in [-0.4, -0.2) is 85.9 Å². The summed E-state index contributed by atoms with van der Waals surface area (Å²) < 4.78 is 75.7. The Labute approximate surface area is 322 Å². The van der Waals surface area contributed by atoms with E-state index in [1.807, 2.05) is 0 Å². The molecule has 0 unspecified atom stereocenters. The minimum atomic E-state index is -4.66. The minimum Gasteiger partial charge on any atom is -0.505 e. The predicted molar refractivity (Wildman–Crippen MR) is 196 cm³/mol. The Morgan fingerprint density at radius 2 is 1.84 bits per heavy atom. The number of hydrogen-bond donors (Lipinski definition) is 2. The van der Waals surface area contributed by atoms with E-state index in [1.165, 1.54) is 54.0 Å². The van der Waals surface area contributed by atoms with E-state index in [0.717, 1.165) is 21.0 Å². The number of anilines is 1. The molecule has 0 saturated carbocycles. The lowest BCUT2D eigenvalue weighted by Gasteiger charge is -2.39. The van der Waals surface area contributed by atoms with E-state index in [9.17, 15) is 41.1 Å². The van der Waals surface area contributed by atoms with Crippen LogP contribution in [0.5, 0.6) is 5.75 Å². The number of benzene rings is 2. The van der Waals surface area contributed by atoms with Crippen molar-refractivity contribution < 1.29 is 41.0 Å². The van der Waals surface area contributed by atoms with Crippen LogP contribution in [0.4, 0.5) is 18.9 Å². The first kappa shape index (κ1) is 38.9. The van der Waals surface area contributed by atoms with Gasteiger partial charge in [0, 0.05) is 38.9 Å². The van der Waals surface area contributed by atoms with E-state index in [4.69, 9.17) is 16.3 Å². The Hall–Kier alpha value is -5.37. The van der Waals surface area contributed by atoms with Crippen molar-refractivity contribution in [3.8, 4) is 17.1 Å². The van der Waals surface area contributed by atoms with Crippen LogP contribution in [0.15, 0.2) is 64.4 Å². The molecule has 1 spiro atoms. The molecule has 0 radical (unpaired) electrons. The third-order valence-electron chi connectivity index (χ3n) is 9.94. The smallest absolute Gasteiger partial charge is 0.416 e. The molecule has 2 N–H and O–H groups in total. The Kier molecular flexibility index (Phi) is 9.71. The summed E-state index contributed by atoms with van der Waals surface area (Å²) in [5.74, 6) is -1.52. The zero-order chi connectivity index (χ0) is 40.5. The van der Waals surface area contributed by atoms with Crippen LogP contribution in [0, 0.1) is 6.92 Å². The number of aromatic nitrogens is 5. The van der Waals surface area contributed by atoms with E-state index >= 15 is 0 Å². The highest BCUT2D eigenvalue weighted by atomic mass is 35.5. The summed E-state index contributed by atoms with van der Waals surface area (Å²) in [6, 6.07) is 9.83. The second kappa shape index (κ2) is 14.0. The number of nitrogens with zero attached hydrogens (tertiary/aromatic N) is 7. The fourth-order valence-corrected chi connectivity index (χ4v) is 8.53. The van der Waals surface area contributed by atoms with Crippen LogP contribution in [0.3, 0.4) is 0 Å². The molecule has 2 aromatic carbocycles. The molecule has 0 aliphatic carbocycles. The van der Waals surface area contributed by atoms with Crippen LogP contribution >= 0.6 is 11.6 Å². The number of likely N-dealkylation sites (tertiary alicyclic amines) is 1. The predicted octanol–water partition coefficient (Wildman–Crippen LogP) is 4.75. The monoisotopic (exact) mass is 814 g/mol. The average Bonchev–Trinajstić information content (AvgIpc) is 3.70. The highest BCUT2D eigenvalue weighted by molar-refractivity contribution is 7.89. The number of pyridine rings is 1. The van der Waals surface area contributed by atoms with Gasteiger partial charge in [-0.1, -0.05) is 11.6 Å². The Morgan fingerprint density at radius 3 is 2.46 bits per heavy atom. The normalized spacial score (nSPS) is 16.8. The number of nitrogens with one attached hydrogen (secondary N) is 1. The number of halogens is 4. The van der Waals surface area contributed by atoms with Crippen LogP contribution in [0.1, 0.15) is 58.7 Å². The van der Waals surface area contributed by atoms with E-state index in [0.29, 0.717) is 22.9 Å². The maximum Gasteiger partial charge on any atom is 0.416 e. The van der Waals surface area contributed by atoms with E-state index in [-0.39, 0.29) is 70.1 Å².